The van der Waals surface area contributed by atoms with Gasteiger partial charge in [0.25, 0.3) is 0 Å². The third-order valence-corrected chi connectivity index (χ3v) is 3.92. The predicted molar refractivity (Wildman–Crippen MR) is 75.6 cm³/mol. The van der Waals surface area contributed by atoms with E-state index < -0.39 is 0 Å². The zero-order valence-corrected chi connectivity index (χ0v) is 11.2. The Labute approximate surface area is 110 Å². The fourth-order valence-electron chi connectivity index (χ4n) is 2.70. The summed E-state index contributed by atoms with van der Waals surface area (Å²) in [4.78, 5) is 0. The van der Waals surface area contributed by atoms with Gasteiger partial charge in [-0.25, -0.2) is 0 Å². The fourth-order valence-corrected chi connectivity index (χ4v) is 2.70. The molecule has 0 unspecified atom stereocenters. The van der Waals surface area contributed by atoms with Crippen LogP contribution in [0.3, 0.4) is 0 Å². The molecule has 1 aromatic carbocycles. The average molecular weight is 242 g/mol. The Morgan fingerprint density at radius 2 is 1.94 bits per heavy atom. The van der Waals surface area contributed by atoms with E-state index in [-0.39, 0.29) is 0 Å². The second kappa shape index (κ2) is 6.44. The molecule has 1 saturated carbocycles. The minimum atomic E-state index is 0.740. The summed E-state index contributed by atoms with van der Waals surface area (Å²) in [6.07, 6.45) is 8.26. The molecule has 1 aliphatic rings. The number of nitriles is 1. The van der Waals surface area contributed by atoms with Gasteiger partial charge in [0.2, 0.25) is 0 Å². The second-order valence-corrected chi connectivity index (χ2v) is 5.38. The van der Waals surface area contributed by atoms with Crippen LogP contribution in [-0.2, 0) is 0 Å². The number of hydrogen-bond acceptors (Lipinski definition) is 2. The van der Waals surface area contributed by atoms with Gasteiger partial charge in [-0.2, -0.15) is 5.26 Å². The molecule has 96 valence electrons. The molecule has 0 aliphatic heterocycles. The number of hydrogen-bond donors (Lipinski definition) is 1. The van der Waals surface area contributed by atoms with E-state index in [0.717, 1.165) is 23.7 Å². The first-order valence-corrected chi connectivity index (χ1v) is 7.04. The molecule has 1 fully saturated rings. The highest BCUT2D eigenvalue weighted by atomic mass is 14.9. The molecule has 0 saturated heterocycles. The molecule has 0 heterocycles. The lowest BCUT2D eigenvalue weighted by molar-refractivity contribution is 0.483. The van der Waals surface area contributed by atoms with Gasteiger partial charge in [0, 0.05) is 12.2 Å². The molecule has 1 aliphatic carbocycles. The normalized spacial score (nSPS) is 16.9. The van der Waals surface area contributed by atoms with E-state index in [9.17, 15) is 0 Å². The van der Waals surface area contributed by atoms with Crippen molar-refractivity contribution in [3.63, 3.8) is 0 Å². The Morgan fingerprint density at radius 3 is 2.61 bits per heavy atom. The maximum Gasteiger partial charge on any atom is 0.0992 e. The lowest BCUT2D eigenvalue weighted by Gasteiger charge is -2.17. The molecule has 0 amide bonds. The molecule has 2 heteroatoms. The molecule has 0 atom stereocenters. The maximum absolute atomic E-state index is 8.93. The van der Waals surface area contributed by atoms with Crippen LogP contribution in [0.4, 0.5) is 5.69 Å². The van der Waals surface area contributed by atoms with Crippen LogP contribution in [0, 0.1) is 24.2 Å². The number of nitrogens with zero attached hydrogens (tertiary/aromatic N) is 1. The summed E-state index contributed by atoms with van der Waals surface area (Å²) in [6, 6.07) is 8.07. The molecule has 18 heavy (non-hydrogen) atoms. The Kier molecular flexibility index (Phi) is 4.64. The van der Waals surface area contributed by atoms with Crippen LogP contribution in [0.25, 0.3) is 0 Å². The van der Waals surface area contributed by atoms with Crippen molar-refractivity contribution in [1.82, 2.24) is 0 Å². The molecule has 1 N–H and O–H groups in total. The van der Waals surface area contributed by atoms with Crippen molar-refractivity contribution in [3.05, 3.63) is 29.3 Å². The van der Waals surface area contributed by atoms with Crippen molar-refractivity contribution < 1.29 is 0 Å². The largest absolute Gasteiger partial charge is 0.385 e. The molecular formula is C16H22N2. The SMILES string of the molecule is Cc1ccc(C#N)cc1NCC1CCCCCC1. The van der Waals surface area contributed by atoms with Crippen LogP contribution >= 0.6 is 0 Å². The second-order valence-electron chi connectivity index (χ2n) is 5.38. The Bertz CT molecular complexity index is 423. The summed E-state index contributed by atoms with van der Waals surface area (Å²) in [5.41, 5.74) is 3.09. The third kappa shape index (κ3) is 3.50. The maximum atomic E-state index is 8.93. The number of rotatable bonds is 3. The van der Waals surface area contributed by atoms with E-state index in [2.05, 4.69) is 18.3 Å². The summed E-state index contributed by atoms with van der Waals surface area (Å²) in [6.45, 7) is 3.15. The van der Waals surface area contributed by atoms with Gasteiger partial charge in [-0.3, -0.25) is 0 Å². The lowest BCUT2D eigenvalue weighted by Crippen LogP contribution is -2.14. The minimum Gasteiger partial charge on any atom is -0.385 e. The summed E-state index contributed by atoms with van der Waals surface area (Å²) in [5.74, 6) is 0.803. The van der Waals surface area contributed by atoms with Crippen molar-refractivity contribution in [2.45, 2.75) is 45.4 Å². The van der Waals surface area contributed by atoms with Crippen LogP contribution in [-0.4, -0.2) is 6.54 Å². The van der Waals surface area contributed by atoms with E-state index in [1.54, 1.807) is 0 Å². The summed E-state index contributed by atoms with van der Waals surface area (Å²) >= 11 is 0. The van der Waals surface area contributed by atoms with Crippen molar-refractivity contribution in [1.29, 1.82) is 5.26 Å². The first-order chi connectivity index (χ1) is 8.79. The first-order valence-electron chi connectivity index (χ1n) is 7.04. The molecule has 0 bridgehead atoms. The van der Waals surface area contributed by atoms with Crippen molar-refractivity contribution in [3.8, 4) is 6.07 Å². The van der Waals surface area contributed by atoms with Crippen LogP contribution < -0.4 is 5.32 Å². The van der Waals surface area contributed by atoms with Gasteiger partial charge in [0.1, 0.15) is 0 Å². The van der Waals surface area contributed by atoms with Gasteiger partial charge in [0.15, 0.2) is 0 Å². The molecule has 2 nitrogen and oxygen atoms in total. The van der Waals surface area contributed by atoms with Gasteiger partial charge in [0.05, 0.1) is 11.6 Å². The molecule has 2 rings (SSSR count). The highest BCUT2D eigenvalue weighted by molar-refractivity contribution is 5.55. The lowest BCUT2D eigenvalue weighted by atomic mass is 10.00. The average Bonchev–Trinajstić information content (AvgIpc) is 2.66. The molecule has 1 aromatic rings. The van der Waals surface area contributed by atoms with Crippen LogP contribution in [0.2, 0.25) is 0 Å². The molecule has 0 radical (unpaired) electrons. The highest BCUT2D eigenvalue weighted by Gasteiger charge is 2.12. The van der Waals surface area contributed by atoms with Crippen molar-refractivity contribution in [2.24, 2.45) is 5.92 Å². The standard InChI is InChI=1S/C16H22N2/c1-13-8-9-15(11-17)10-16(13)18-12-14-6-4-2-3-5-7-14/h8-10,14,18H,2-7,12H2,1H3. The molecule has 0 aromatic heterocycles. The summed E-state index contributed by atoms with van der Waals surface area (Å²) < 4.78 is 0. The number of anilines is 1. The van der Waals surface area contributed by atoms with Crippen LogP contribution in [0.15, 0.2) is 18.2 Å². The van der Waals surface area contributed by atoms with E-state index in [1.165, 1.54) is 44.1 Å². The van der Waals surface area contributed by atoms with E-state index in [0.29, 0.717) is 0 Å². The Hall–Kier alpha value is -1.49. The van der Waals surface area contributed by atoms with Crippen LogP contribution in [0.5, 0.6) is 0 Å². The predicted octanol–water partition coefficient (Wildman–Crippen LogP) is 4.25. The van der Waals surface area contributed by atoms with Gasteiger partial charge in [-0.1, -0.05) is 31.7 Å². The van der Waals surface area contributed by atoms with Gasteiger partial charge in [-0.15, -0.1) is 0 Å². The summed E-state index contributed by atoms with van der Waals surface area (Å²) in [5, 5.41) is 12.5. The van der Waals surface area contributed by atoms with E-state index in [1.807, 2.05) is 18.2 Å². The Morgan fingerprint density at radius 1 is 1.22 bits per heavy atom. The molecule has 0 spiro atoms. The van der Waals surface area contributed by atoms with Gasteiger partial charge >= 0.3 is 0 Å². The first kappa shape index (κ1) is 13.0. The Balaban J connectivity index is 1.94. The van der Waals surface area contributed by atoms with Crippen LogP contribution in [0.1, 0.15) is 49.7 Å². The number of aryl methyl sites for hydroxylation is 1. The zero-order valence-electron chi connectivity index (χ0n) is 11.2. The van der Waals surface area contributed by atoms with E-state index in [4.69, 9.17) is 5.26 Å². The monoisotopic (exact) mass is 242 g/mol. The zero-order chi connectivity index (χ0) is 12.8. The quantitative estimate of drug-likeness (QED) is 0.804. The highest BCUT2D eigenvalue weighted by Crippen LogP contribution is 2.24. The topological polar surface area (TPSA) is 35.8 Å². The minimum absolute atomic E-state index is 0.740. The number of benzene rings is 1. The number of nitrogens with one attached hydrogen (secondary N) is 1. The van der Waals surface area contributed by atoms with E-state index >= 15 is 0 Å². The fraction of sp³-hybridized carbons (Fsp3) is 0.562. The smallest absolute Gasteiger partial charge is 0.0992 e. The summed E-state index contributed by atoms with van der Waals surface area (Å²) in [7, 11) is 0. The molecular weight excluding hydrogens is 220 g/mol. The third-order valence-electron chi connectivity index (χ3n) is 3.92. The van der Waals surface area contributed by atoms with Crippen molar-refractivity contribution in [2.75, 3.05) is 11.9 Å². The van der Waals surface area contributed by atoms with Gasteiger partial charge in [-0.05, 0) is 43.4 Å². The van der Waals surface area contributed by atoms with Crippen molar-refractivity contribution >= 4 is 5.69 Å². The van der Waals surface area contributed by atoms with Gasteiger partial charge < -0.3 is 5.32 Å².